The minimum atomic E-state index is 0.0196. The Balaban J connectivity index is 1.56. The second-order valence-electron chi connectivity index (χ2n) is 5.34. The topological polar surface area (TPSA) is 46.3 Å². The van der Waals surface area contributed by atoms with Crippen LogP contribution >= 0.6 is 11.6 Å². The van der Waals surface area contributed by atoms with Crippen LogP contribution in [0.1, 0.15) is 29.1 Å². The average molecular weight is 305 g/mol. The smallest absolute Gasteiger partial charge is 0.263 e. The number of carbonyl (C=O) groups excluding carboxylic acids is 1. The molecule has 1 aromatic heterocycles. The van der Waals surface area contributed by atoms with E-state index < -0.39 is 0 Å². The van der Waals surface area contributed by atoms with Crippen molar-refractivity contribution in [3.63, 3.8) is 0 Å². The van der Waals surface area contributed by atoms with Crippen molar-refractivity contribution < 1.29 is 9.21 Å². The molecular formula is C16H17ClN2O2. The van der Waals surface area contributed by atoms with Crippen LogP contribution in [-0.4, -0.2) is 28.8 Å². The lowest BCUT2D eigenvalue weighted by Crippen LogP contribution is -2.36. The first-order chi connectivity index (χ1) is 10.2. The SMILES string of the molecule is O=C(c1ncco1)C1CCN(Cc2ccccc2Cl)CC1. The number of ketones is 1. The number of piperidine rings is 1. The van der Waals surface area contributed by atoms with Crippen molar-refractivity contribution in [2.45, 2.75) is 19.4 Å². The normalized spacial score (nSPS) is 17.0. The molecule has 0 bridgehead atoms. The molecule has 21 heavy (non-hydrogen) atoms. The second kappa shape index (κ2) is 6.41. The van der Waals surface area contributed by atoms with Gasteiger partial charge in [-0.05, 0) is 37.6 Å². The fraction of sp³-hybridized carbons (Fsp3) is 0.375. The maximum Gasteiger partial charge on any atom is 0.263 e. The fourth-order valence-corrected chi connectivity index (χ4v) is 2.94. The maximum atomic E-state index is 12.2. The van der Waals surface area contributed by atoms with E-state index in [-0.39, 0.29) is 17.6 Å². The Labute approximate surface area is 128 Å². The van der Waals surface area contributed by atoms with Gasteiger partial charge >= 0.3 is 0 Å². The molecule has 1 fully saturated rings. The van der Waals surface area contributed by atoms with E-state index in [2.05, 4.69) is 9.88 Å². The highest BCUT2D eigenvalue weighted by Gasteiger charge is 2.28. The Kier molecular flexibility index (Phi) is 4.36. The highest BCUT2D eigenvalue weighted by Crippen LogP contribution is 2.24. The van der Waals surface area contributed by atoms with E-state index in [4.69, 9.17) is 16.0 Å². The van der Waals surface area contributed by atoms with Gasteiger partial charge in [0, 0.05) is 17.5 Å². The molecule has 0 radical (unpaired) electrons. The van der Waals surface area contributed by atoms with Gasteiger partial charge in [-0.25, -0.2) is 4.98 Å². The largest absolute Gasteiger partial charge is 0.442 e. The van der Waals surface area contributed by atoms with Crippen LogP contribution in [0.3, 0.4) is 0 Å². The van der Waals surface area contributed by atoms with Crippen molar-refractivity contribution >= 4 is 17.4 Å². The summed E-state index contributed by atoms with van der Waals surface area (Å²) < 4.78 is 5.10. The molecule has 0 saturated carbocycles. The molecule has 2 heterocycles. The zero-order valence-corrected chi connectivity index (χ0v) is 12.4. The van der Waals surface area contributed by atoms with Crippen LogP contribution in [0.2, 0.25) is 5.02 Å². The standard InChI is InChI=1S/C16H17ClN2O2/c17-14-4-2-1-3-13(14)11-19-8-5-12(6-9-19)15(20)16-18-7-10-21-16/h1-4,7,10,12H,5-6,8-9,11H2. The van der Waals surface area contributed by atoms with E-state index >= 15 is 0 Å². The molecule has 0 atom stereocenters. The molecule has 0 N–H and O–H groups in total. The third kappa shape index (κ3) is 3.34. The molecule has 0 amide bonds. The zero-order valence-electron chi connectivity index (χ0n) is 11.7. The van der Waals surface area contributed by atoms with E-state index in [0.29, 0.717) is 0 Å². The molecule has 5 heteroatoms. The maximum absolute atomic E-state index is 12.2. The van der Waals surface area contributed by atoms with Crippen LogP contribution in [0.25, 0.3) is 0 Å². The Morgan fingerprint density at radius 3 is 2.76 bits per heavy atom. The zero-order chi connectivity index (χ0) is 14.7. The highest BCUT2D eigenvalue weighted by molar-refractivity contribution is 6.31. The molecular weight excluding hydrogens is 288 g/mol. The van der Waals surface area contributed by atoms with Crippen molar-refractivity contribution in [2.75, 3.05) is 13.1 Å². The van der Waals surface area contributed by atoms with E-state index in [9.17, 15) is 4.79 Å². The Hall–Kier alpha value is -1.65. The molecule has 0 aliphatic carbocycles. The molecule has 1 aromatic carbocycles. The number of benzene rings is 1. The molecule has 1 saturated heterocycles. The summed E-state index contributed by atoms with van der Waals surface area (Å²) in [4.78, 5) is 18.5. The molecule has 4 nitrogen and oxygen atoms in total. The van der Waals surface area contributed by atoms with Crippen LogP contribution in [0.5, 0.6) is 0 Å². The van der Waals surface area contributed by atoms with Crippen LogP contribution in [-0.2, 0) is 6.54 Å². The van der Waals surface area contributed by atoms with Crippen molar-refractivity contribution in [3.8, 4) is 0 Å². The van der Waals surface area contributed by atoms with Gasteiger partial charge in [0.05, 0.1) is 6.20 Å². The van der Waals surface area contributed by atoms with Crippen LogP contribution in [0.15, 0.2) is 41.1 Å². The number of hydrogen-bond donors (Lipinski definition) is 0. The Bertz CT molecular complexity index is 604. The minimum Gasteiger partial charge on any atom is -0.442 e. The van der Waals surface area contributed by atoms with Gasteiger partial charge in [-0.3, -0.25) is 9.69 Å². The van der Waals surface area contributed by atoms with Gasteiger partial charge in [0.25, 0.3) is 5.89 Å². The number of nitrogens with zero attached hydrogens (tertiary/aromatic N) is 2. The quantitative estimate of drug-likeness (QED) is 0.812. The lowest BCUT2D eigenvalue weighted by molar-refractivity contribution is 0.0799. The molecule has 110 valence electrons. The number of hydrogen-bond acceptors (Lipinski definition) is 4. The number of likely N-dealkylation sites (tertiary alicyclic amines) is 1. The van der Waals surface area contributed by atoms with E-state index in [1.807, 2.05) is 24.3 Å². The molecule has 3 rings (SSSR count). The first-order valence-corrected chi connectivity index (χ1v) is 7.51. The number of oxazole rings is 1. The summed E-state index contributed by atoms with van der Waals surface area (Å²) in [6, 6.07) is 7.90. The lowest BCUT2D eigenvalue weighted by Gasteiger charge is -2.30. The molecule has 2 aromatic rings. The van der Waals surface area contributed by atoms with Crippen molar-refractivity contribution in [1.29, 1.82) is 0 Å². The van der Waals surface area contributed by atoms with E-state index in [0.717, 1.165) is 43.1 Å². The number of Topliss-reactive ketones (excluding diaryl/α,β-unsaturated/α-hetero) is 1. The number of halogens is 1. The van der Waals surface area contributed by atoms with Crippen LogP contribution in [0, 0.1) is 5.92 Å². The van der Waals surface area contributed by atoms with Gasteiger partial charge in [0.1, 0.15) is 6.26 Å². The van der Waals surface area contributed by atoms with Crippen molar-refractivity contribution in [3.05, 3.63) is 53.2 Å². The molecule has 0 unspecified atom stereocenters. The minimum absolute atomic E-state index is 0.0196. The third-order valence-electron chi connectivity index (χ3n) is 3.95. The van der Waals surface area contributed by atoms with Crippen LogP contribution in [0.4, 0.5) is 0 Å². The summed E-state index contributed by atoms with van der Waals surface area (Å²) >= 11 is 6.19. The van der Waals surface area contributed by atoms with Gasteiger partial charge in [0.2, 0.25) is 5.78 Å². The average Bonchev–Trinajstić information content (AvgIpc) is 3.04. The number of aromatic nitrogens is 1. The predicted molar refractivity (Wildman–Crippen MR) is 80.3 cm³/mol. The fourth-order valence-electron chi connectivity index (χ4n) is 2.74. The Morgan fingerprint density at radius 1 is 1.33 bits per heavy atom. The third-order valence-corrected chi connectivity index (χ3v) is 4.32. The molecule has 1 aliphatic rings. The summed E-state index contributed by atoms with van der Waals surface area (Å²) in [5.41, 5.74) is 1.14. The molecule has 0 spiro atoms. The van der Waals surface area contributed by atoms with Crippen molar-refractivity contribution in [1.82, 2.24) is 9.88 Å². The Morgan fingerprint density at radius 2 is 2.10 bits per heavy atom. The summed E-state index contributed by atoms with van der Waals surface area (Å²) in [5, 5.41) is 0.801. The first-order valence-electron chi connectivity index (χ1n) is 7.13. The van der Waals surface area contributed by atoms with Crippen LogP contribution < -0.4 is 0 Å². The van der Waals surface area contributed by atoms with Gasteiger partial charge in [0.15, 0.2) is 0 Å². The predicted octanol–water partition coefficient (Wildman–Crippen LogP) is 3.42. The second-order valence-corrected chi connectivity index (χ2v) is 5.75. The summed E-state index contributed by atoms with van der Waals surface area (Å²) in [7, 11) is 0. The number of carbonyl (C=O) groups is 1. The van der Waals surface area contributed by atoms with Gasteiger partial charge in [-0.15, -0.1) is 0 Å². The highest BCUT2D eigenvalue weighted by atomic mass is 35.5. The van der Waals surface area contributed by atoms with Gasteiger partial charge in [-0.1, -0.05) is 29.8 Å². The van der Waals surface area contributed by atoms with E-state index in [1.165, 1.54) is 12.5 Å². The monoisotopic (exact) mass is 304 g/mol. The summed E-state index contributed by atoms with van der Waals surface area (Å²) in [6.45, 7) is 2.62. The van der Waals surface area contributed by atoms with Gasteiger partial charge in [-0.2, -0.15) is 0 Å². The first kappa shape index (κ1) is 14.3. The summed E-state index contributed by atoms with van der Waals surface area (Å²) in [5.74, 6) is 0.281. The van der Waals surface area contributed by atoms with Crippen molar-refractivity contribution in [2.24, 2.45) is 5.92 Å². The lowest BCUT2D eigenvalue weighted by atomic mass is 9.92. The number of rotatable bonds is 4. The van der Waals surface area contributed by atoms with E-state index in [1.54, 1.807) is 0 Å². The van der Waals surface area contributed by atoms with Gasteiger partial charge < -0.3 is 4.42 Å². The summed E-state index contributed by atoms with van der Waals surface area (Å²) in [6.07, 6.45) is 4.64. The molecule has 1 aliphatic heterocycles.